The van der Waals surface area contributed by atoms with Crippen molar-refractivity contribution in [2.45, 2.75) is 18.6 Å². The van der Waals surface area contributed by atoms with E-state index in [1.807, 2.05) is 41.8 Å². The molecule has 0 saturated carbocycles. The monoisotopic (exact) mass is 341 g/mol. The van der Waals surface area contributed by atoms with Gasteiger partial charge in [-0.05, 0) is 17.5 Å². The van der Waals surface area contributed by atoms with Crippen molar-refractivity contribution in [1.29, 1.82) is 0 Å². The molecule has 0 bridgehead atoms. The van der Waals surface area contributed by atoms with Gasteiger partial charge in [-0.15, -0.1) is 11.3 Å². The fraction of sp³-hybridized carbons (Fsp3) is 0.211. The van der Waals surface area contributed by atoms with E-state index in [9.17, 15) is 4.21 Å². The maximum absolute atomic E-state index is 12.2. The van der Waals surface area contributed by atoms with E-state index in [0.717, 1.165) is 23.5 Å². The van der Waals surface area contributed by atoms with Crippen molar-refractivity contribution < 1.29 is 4.21 Å². The van der Waals surface area contributed by atoms with Gasteiger partial charge in [0.05, 0.1) is 16.5 Å². The molecule has 0 fully saturated rings. The third-order valence-electron chi connectivity index (χ3n) is 3.57. The second-order valence-corrected chi connectivity index (χ2v) is 7.94. The summed E-state index contributed by atoms with van der Waals surface area (Å²) >= 11 is 1.66. The number of hydrogen-bond acceptors (Lipinski definition) is 3. The predicted octanol–water partition coefficient (Wildman–Crippen LogP) is 4.23. The largest absolute Gasteiger partial charge is 0.259 e. The van der Waals surface area contributed by atoms with E-state index in [2.05, 4.69) is 29.2 Å². The number of thiazole rings is 1. The van der Waals surface area contributed by atoms with Crippen LogP contribution < -0.4 is 0 Å². The Balaban J connectivity index is 1.51. The Morgan fingerprint density at radius 1 is 0.913 bits per heavy atom. The van der Waals surface area contributed by atoms with Crippen LogP contribution in [0.4, 0.5) is 0 Å². The quantitative estimate of drug-likeness (QED) is 0.644. The molecule has 1 aromatic heterocycles. The Morgan fingerprint density at radius 2 is 1.57 bits per heavy atom. The first-order valence-electron chi connectivity index (χ1n) is 7.66. The van der Waals surface area contributed by atoms with Crippen molar-refractivity contribution in [3.8, 4) is 0 Å². The van der Waals surface area contributed by atoms with Crippen LogP contribution in [0.15, 0.2) is 66.0 Å². The van der Waals surface area contributed by atoms with Crippen LogP contribution in [-0.2, 0) is 29.4 Å². The van der Waals surface area contributed by atoms with Crippen LogP contribution in [0.5, 0.6) is 0 Å². The molecule has 23 heavy (non-hydrogen) atoms. The highest BCUT2D eigenvalue weighted by atomic mass is 32.2. The molecule has 3 rings (SSSR count). The summed E-state index contributed by atoms with van der Waals surface area (Å²) in [6.45, 7) is 0. The lowest BCUT2D eigenvalue weighted by Crippen LogP contribution is -2.04. The Morgan fingerprint density at radius 3 is 2.26 bits per heavy atom. The Bertz CT molecular complexity index is 753. The van der Waals surface area contributed by atoms with Crippen molar-refractivity contribution in [2.24, 2.45) is 0 Å². The van der Waals surface area contributed by atoms with Gasteiger partial charge in [0.15, 0.2) is 0 Å². The minimum absolute atomic E-state index is 0.554. The third-order valence-corrected chi connectivity index (χ3v) is 5.74. The average Bonchev–Trinajstić information content (AvgIpc) is 3.02. The third kappa shape index (κ3) is 5.12. The molecule has 0 spiro atoms. The second-order valence-electron chi connectivity index (χ2n) is 5.42. The highest BCUT2D eigenvalue weighted by Gasteiger charge is 2.07. The fourth-order valence-corrected chi connectivity index (χ4v) is 4.40. The molecule has 0 N–H and O–H groups in total. The van der Waals surface area contributed by atoms with E-state index in [1.54, 1.807) is 11.3 Å². The summed E-state index contributed by atoms with van der Waals surface area (Å²) < 4.78 is 12.2. The van der Waals surface area contributed by atoms with E-state index >= 15 is 0 Å². The smallest absolute Gasteiger partial charge is 0.0972 e. The van der Waals surface area contributed by atoms with Crippen LogP contribution in [0, 0.1) is 0 Å². The molecule has 4 heteroatoms. The van der Waals surface area contributed by atoms with Gasteiger partial charge in [-0.3, -0.25) is 4.21 Å². The van der Waals surface area contributed by atoms with Gasteiger partial charge >= 0.3 is 0 Å². The summed E-state index contributed by atoms with van der Waals surface area (Å²) in [4.78, 5) is 4.63. The van der Waals surface area contributed by atoms with Crippen molar-refractivity contribution in [1.82, 2.24) is 4.98 Å². The summed E-state index contributed by atoms with van der Waals surface area (Å²) in [5.74, 6) is 1.24. The van der Waals surface area contributed by atoms with E-state index in [4.69, 9.17) is 0 Å². The van der Waals surface area contributed by atoms with Gasteiger partial charge in [-0.25, -0.2) is 4.98 Å². The number of benzene rings is 2. The predicted molar refractivity (Wildman–Crippen MR) is 98.2 cm³/mol. The molecular formula is C19H19NOS2. The number of rotatable bonds is 7. The molecule has 2 aromatic carbocycles. The number of nitrogens with zero attached hydrogens (tertiary/aromatic N) is 1. The van der Waals surface area contributed by atoms with Gasteiger partial charge in [0.25, 0.3) is 0 Å². The first-order chi connectivity index (χ1) is 11.3. The number of aryl methyl sites for hydroxylation is 1. The molecule has 0 radical (unpaired) electrons. The van der Waals surface area contributed by atoms with Gasteiger partial charge in [-0.1, -0.05) is 60.7 Å². The molecule has 2 nitrogen and oxygen atoms in total. The van der Waals surface area contributed by atoms with Gasteiger partial charge in [0, 0.05) is 28.4 Å². The van der Waals surface area contributed by atoms with E-state index in [0.29, 0.717) is 11.5 Å². The SMILES string of the molecule is O=[S@](CCc1ccccc1)Cc1csc(Cc2ccccc2)n1. The minimum atomic E-state index is -0.860. The second kappa shape index (κ2) is 8.18. The maximum atomic E-state index is 12.2. The fourth-order valence-electron chi connectivity index (χ4n) is 2.38. The molecule has 0 amide bonds. The van der Waals surface area contributed by atoms with Crippen LogP contribution in [0.25, 0.3) is 0 Å². The van der Waals surface area contributed by atoms with Crippen molar-refractivity contribution in [2.75, 3.05) is 5.75 Å². The summed E-state index contributed by atoms with van der Waals surface area (Å²) in [5.41, 5.74) is 3.45. The van der Waals surface area contributed by atoms with Gasteiger partial charge in [0.1, 0.15) is 0 Å². The zero-order chi connectivity index (χ0) is 15.9. The summed E-state index contributed by atoms with van der Waals surface area (Å²) in [6, 6.07) is 20.5. The maximum Gasteiger partial charge on any atom is 0.0972 e. The Labute approximate surface area is 143 Å². The van der Waals surface area contributed by atoms with E-state index < -0.39 is 10.8 Å². The van der Waals surface area contributed by atoms with Crippen LogP contribution in [0.1, 0.15) is 21.8 Å². The van der Waals surface area contributed by atoms with Gasteiger partial charge in [-0.2, -0.15) is 0 Å². The summed E-state index contributed by atoms with van der Waals surface area (Å²) in [6.07, 6.45) is 1.70. The summed E-state index contributed by atoms with van der Waals surface area (Å²) in [7, 11) is -0.860. The molecule has 1 heterocycles. The molecule has 0 unspecified atom stereocenters. The highest BCUT2D eigenvalue weighted by Crippen LogP contribution is 2.16. The zero-order valence-electron chi connectivity index (χ0n) is 12.9. The topological polar surface area (TPSA) is 30.0 Å². The van der Waals surface area contributed by atoms with E-state index in [1.165, 1.54) is 11.1 Å². The number of hydrogen-bond donors (Lipinski definition) is 0. The molecular weight excluding hydrogens is 322 g/mol. The molecule has 0 saturated heterocycles. The standard InChI is InChI=1S/C19H19NOS2/c21-23(12-11-16-7-3-1-4-8-16)15-18-14-22-19(20-18)13-17-9-5-2-6-10-17/h1-10,14H,11-13,15H2/t23-/m1/s1. The van der Waals surface area contributed by atoms with E-state index in [-0.39, 0.29) is 0 Å². The van der Waals surface area contributed by atoms with Gasteiger partial charge < -0.3 is 0 Å². The zero-order valence-corrected chi connectivity index (χ0v) is 14.5. The van der Waals surface area contributed by atoms with Gasteiger partial charge in [0.2, 0.25) is 0 Å². The average molecular weight is 342 g/mol. The first kappa shape index (κ1) is 16.1. The van der Waals surface area contributed by atoms with Crippen LogP contribution in [0.3, 0.4) is 0 Å². The molecule has 0 aliphatic rings. The van der Waals surface area contributed by atoms with Crippen LogP contribution in [-0.4, -0.2) is 14.9 Å². The highest BCUT2D eigenvalue weighted by molar-refractivity contribution is 7.84. The molecule has 3 aromatic rings. The Hall–Kier alpha value is -1.78. The van der Waals surface area contributed by atoms with Crippen LogP contribution in [0.2, 0.25) is 0 Å². The molecule has 118 valence electrons. The lowest BCUT2D eigenvalue weighted by atomic mass is 10.2. The van der Waals surface area contributed by atoms with Crippen LogP contribution >= 0.6 is 11.3 Å². The lowest BCUT2D eigenvalue weighted by molar-refractivity contribution is 0.681. The normalized spacial score (nSPS) is 12.2. The van der Waals surface area contributed by atoms with Crippen molar-refractivity contribution in [3.05, 3.63) is 87.9 Å². The van der Waals surface area contributed by atoms with Crippen molar-refractivity contribution in [3.63, 3.8) is 0 Å². The summed E-state index contributed by atoms with van der Waals surface area (Å²) in [5, 5.41) is 3.13. The molecule has 1 atom stereocenters. The first-order valence-corrected chi connectivity index (χ1v) is 10.0. The Kier molecular flexibility index (Phi) is 5.72. The lowest BCUT2D eigenvalue weighted by Gasteiger charge is -2.01. The molecule has 0 aliphatic heterocycles. The van der Waals surface area contributed by atoms with Crippen molar-refractivity contribution >= 4 is 22.1 Å². The number of aromatic nitrogens is 1. The minimum Gasteiger partial charge on any atom is -0.259 e. The molecule has 0 aliphatic carbocycles.